The van der Waals surface area contributed by atoms with Gasteiger partial charge in [-0.2, -0.15) is 0 Å². The lowest BCUT2D eigenvalue weighted by atomic mass is 10.00. The zero-order valence-electron chi connectivity index (χ0n) is 19.6. The molecule has 5 heterocycles. The molecule has 2 N–H and O–H groups in total. The summed E-state index contributed by atoms with van der Waals surface area (Å²) in [6, 6.07) is 14.2. The highest BCUT2D eigenvalue weighted by atomic mass is 15.4. The van der Waals surface area contributed by atoms with Crippen LogP contribution in [0.1, 0.15) is 31.7 Å². The molecule has 0 amide bonds. The number of piperazine rings is 1. The molecule has 7 rings (SSSR count). The number of fused-ring (bicyclic) bond motifs is 3. The van der Waals surface area contributed by atoms with Gasteiger partial charge in [-0.15, -0.1) is 0 Å². The molecule has 2 aliphatic heterocycles. The smallest absolute Gasteiger partial charge is 0.227 e. The van der Waals surface area contributed by atoms with E-state index in [4.69, 9.17) is 4.98 Å². The highest BCUT2D eigenvalue weighted by Gasteiger charge is 2.54. The van der Waals surface area contributed by atoms with Crippen molar-refractivity contribution in [3.8, 4) is 11.3 Å². The van der Waals surface area contributed by atoms with Crippen molar-refractivity contribution >= 4 is 28.4 Å². The molecular weight excluding hydrogens is 422 g/mol. The number of nitrogens with one attached hydrogen (secondary N) is 2. The van der Waals surface area contributed by atoms with Crippen LogP contribution in [0.2, 0.25) is 0 Å². The van der Waals surface area contributed by atoms with Crippen LogP contribution in [0.5, 0.6) is 0 Å². The van der Waals surface area contributed by atoms with Gasteiger partial charge in [0.15, 0.2) is 0 Å². The van der Waals surface area contributed by atoms with E-state index in [1.807, 2.05) is 24.5 Å². The third-order valence-electron chi connectivity index (χ3n) is 7.82. The summed E-state index contributed by atoms with van der Waals surface area (Å²) in [4.78, 5) is 22.2. The van der Waals surface area contributed by atoms with E-state index >= 15 is 0 Å². The van der Waals surface area contributed by atoms with Crippen molar-refractivity contribution in [1.29, 1.82) is 0 Å². The summed E-state index contributed by atoms with van der Waals surface area (Å²) in [7, 11) is 0. The second-order valence-electron chi connectivity index (χ2n) is 10.4. The molecule has 34 heavy (non-hydrogen) atoms. The average Bonchev–Trinajstić information content (AvgIpc) is 3.34. The minimum Gasteiger partial charge on any atom is -0.363 e. The van der Waals surface area contributed by atoms with E-state index in [-0.39, 0.29) is 5.54 Å². The van der Waals surface area contributed by atoms with Crippen LogP contribution in [-0.4, -0.2) is 55.5 Å². The Morgan fingerprint density at radius 2 is 2.00 bits per heavy atom. The number of aromatic nitrogens is 4. The number of anilines is 3. The van der Waals surface area contributed by atoms with Crippen molar-refractivity contribution in [2.75, 3.05) is 23.3 Å². The zero-order chi connectivity index (χ0) is 22.9. The average molecular weight is 452 g/mol. The maximum Gasteiger partial charge on any atom is 0.227 e. The van der Waals surface area contributed by atoms with E-state index in [1.54, 1.807) is 6.20 Å². The lowest BCUT2D eigenvalue weighted by Crippen LogP contribution is -2.53. The van der Waals surface area contributed by atoms with E-state index < -0.39 is 0 Å². The predicted octanol–water partition coefficient (Wildman–Crippen LogP) is 4.89. The largest absolute Gasteiger partial charge is 0.363 e. The van der Waals surface area contributed by atoms with Crippen LogP contribution in [0.4, 0.5) is 17.3 Å². The molecule has 1 saturated carbocycles. The summed E-state index contributed by atoms with van der Waals surface area (Å²) >= 11 is 0. The number of hydrogen-bond acceptors (Lipinski definition) is 6. The Morgan fingerprint density at radius 3 is 2.79 bits per heavy atom. The lowest BCUT2D eigenvalue weighted by Gasteiger charge is -2.42. The predicted molar refractivity (Wildman–Crippen MR) is 135 cm³/mol. The van der Waals surface area contributed by atoms with Crippen molar-refractivity contribution in [1.82, 2.24) is 24.8 Å². The van der Waals surface area contributed by atoms with Crippen LogP contribution in [-0.2, 0) is 0 Å². The number of nitrogens with zero attached hydrogens (tertiary/aromatic N) is 5. The van der Waals surface area contributed by atoms with Gasteiger partial charge in [0.2, 0.25) is 5.95 Å². The minimum absolute atomic E-state index is 0.249. The van der Waals surface area contributed by atoms with Gasteiger partial charge in [0, 0.05) is 66.1 Å². The quantitative estimate of drug-likeness (QED) is 0.450. The fourth-order valence-corrected chi connectivity index (χ4v) is 6.06. The van der Waals surface area contributed by atoms with Gasteiger partial charge in [0.1, 0.15) is 5.65 Å². The molecule has 2 bridgehead atoms. The monoisotopic (exact) mass is 451 g/mol. The number of hydrogen-bond donors (Lipinski definition) is 2. The molecule has 7 heteroatoms. The number of aromatic amines is 1. The van der Waals surface area contributed by atoms with Crippen LogP contribution >= 0.6 is 0 Å². The Balaban J connectivity index is 1.11. The third kappa shape index (κ3) is 3.26. The maximum atomic E-state index is 4.74. The van der Waals surface area contributed by atoms with Crippen molar-refractivity contribution in [2.24, 2.45) is 0 Å². The molecule has 0 radical (unpaired) electrons. The van der Waals surface area contributed by atoms with Crippen molar-refractivity contribution in [3.05, 3.63) is 60.6 Å². The number of likely N-dealkylation sites (tertiary alicyclic amines) is 1. The van der Waals surface area contributed by atoms with Gasteiger partial charge in [0.05, 0.1) is 11.2 Å². The number of pyridine rings is 1. The second-order valence-corrected chi connectivity index (χ2v) is 10.4. The van der Waals surface area contributed by atoms with Crippen LogP contribution in [0.25, 0.3) is 22.3 Å². The molecule has 2 saturated heterocycles. The summed E-state index contributed by atoms with van der Waals surface area (Å²) in [6.45, 7) is 7.00. The lowest BCUT2D eigenvalue weighted by molar-refractivity contribution is 0.213. The normalized spacial score (nSPS) is 24.3. The molecule has 3 aliphatic rings. The van der Waals surface area contributed by atoms with Crippen LogP contribution < -0.4 is 10.2 Å². The van der Waals surface area contributed by atoms with Gasteiger partial charge >= 0.3 is 0 Å². The molecule has 4 aromatic rings. The molecule has 172 valence electrons. The fourth-order valence-electron chi connectivity index (χ4n) is 6.06. The summed E-state index contributed by atoms with van der Waals surface area (Å²) in [6.07, 6.45) is 9.61. The molecule has 0 unspecified atom stereocenters. The van der Waals surface area contributed by atoms with Crippen molar-refractivity contribution in [2.45, 2.75) is 50.7 Å². The summed E-state index contributed by atoms with van der Waals surface area (Å²) in [5, 5.41) is 4.47. The zero-order valence-corrected chi connectivity index (χ0v) is 19.6. The molecule has 1 aliphatic carbocycles. The highest BCUT2D eigenvalue weighted by molar-refractivity contribution is 5.80. The third-order valence-corrected chi connectivity index (χ3v) is 7.82. The molecule has 3 fully saturated rings. The van der Waals surface area contributed by atoms with E-state index in [1.165, 1.54) is 37.1 Å². The van der Waals surface area contributed by atoms with Gasteiger partial charge in [0.25, 0.3) is 0 Å². The Labute approximate surface area is 199 Å². The van der Waals surface area contributed by atoms with Crippen molar-refractivity contribution in [3.63, 3.8) is 0 Å². The van der Waals surface area contributed by atoms with Gasteiger partial charge in [-0.05, 0) is 75.1 Å². The standard InChI is InChI=1S/C27H29N7/c1-17-11-20(3-6-24(17)34-15-22-13-27(34,2)16-33(22)21-4-5-21)31-26-29-10-8-23(32-26)19-12-18-7-9-28-25(18)30-14-19/h3,6-12,14,21-22H,4-5,13,15-16H2,1-2H3,(H,28,30)(H,29,31,32)/t22-,27+/m1/s1. The second kappa shape index (κ2) is 7.27. The maximum absolute atomic E-state index is 4.74. The number of aryl methyl sites for hydroxylation is 1. The van der Waals surface area contributed by atoms with E-state index in [0.29, 0.717) is 12.0 Å². The Morgan fingerprint density at radius 1 is 1.09 bits per heavy atom. The Hall–Kier alpha value is -3.45. The first-order chi connectivity index (χ1) is 16.6. The number of rotatable bonds is 5. The molecule has 3 aromatic heterocycles. The summed E-state index contributed by atoms with van der Waals surface area (Å²) in [5.74, 6) is 0.589. The summed E-state index contributed by atoms with van der Waals surface area (Å²) < 4.78 is 0. The van der Waals surface area contributed by atoms with Crippen LogP contribution in [0, 0.1) is 6.92 Å². The van der Waals surface area contributed by atoms with Crippen LogP contribution in [0.3, 0.4) is 0 Å². The first-order valence-electron chi connectivity index (χ1n) is 12.2. The summed E-state index contributed by atoms with van der Waals surface area (Å²) in [5.41, 5.74) is 6.60. The van der Waals surface area contributed by atoms with E-state index in [0.717, 1.165) is 40.6 Å². The Bertz CT molecular complexity index is 1390. The minimum atomic E-state index is 0.249. The number of H-pyrrole nitrogens is 1. The van der Waals surface area contributed by atoms with E-state index in [2.05, 4.69) is 68.2 Å². The van der Waals surface area contributed by atoms with Gasteiger partial charge in [-0.3, -0.25) is 4.90 Å². The topological polar surface area (TPSA) is 73.0 Å². The van der Waals surface area contributed by atoms with Gasteiger partial charge in [-0.25, -0.2) is 15.0 Å². The SMILES string of the molecule is Cc1cc(Nc2nccc(-c3cnc4[nH]ccc4c3)n2)ccc1N1C[C@H]2C[C@@]1(C)CN2C1CC1. The molecule has 7 nitrogen and oxygen atoms in total. The number of benzene rings is 1. The van der Waals surface area contributed by atoms with Gasteiger partial charge < -0.3 is 15.2 Å². The first-order valence-corrected chi connectivity index (χ1v) is 12.2. The first kappa shape index (κ1) is 20.0. The molecular formula is C27H29N7. The molecule has 0 spiro atoms. The van der Waals surface area contributed by atoms with Gasteiger partial charge in [-0.1, -0.05) is 0 Å². The van der Waals surface area contributed by atoms with Crippen LogP contribution in [0.15, 0.2) is 55.0 Å². The van der Waals surface area contributed by atoms with E-state index in [9.17, 15) is 0 Å². The molecule has 1 aromatic carbocycles. The fraction of sp³-hybridized carbons (Fsp3) is 0.370. The van der Waals surface area contributed by atoms with Crippen molar-refractivity contribution < 1.29 is 0 Å². The highest BCUT2D eigenvalue weighted by Crippen LogP contribution is 2.47. The molecule has 2 atom stereocenters. The Kier molecular flexibility index (Phi) is 4.27.